The first-order chi connectivity index (χ1) is 21.1. The number of esters is 1. The van der Waals surface area contributed by atoms with Crippen molar-refractivity contribution in [1.82, 2.24) is 15.0 Å². The number of nitrogens with zero attached hydrogens (tertiary/aromatic N) is 3. The quantitative estimate of drug-likeness (QED) is 0.144. The highest BCUT2D eigenvalue weighted by atomic mass is 16.6. The Morgan fingerprint density at radius 3 is 2.64 bits per heavy atom. The van der Waals surface area contributed by atoms with E-state index in [4.69, 9.17) is 14.2 Å². The Kier molecular flexibility index (Phi) is 8.94. The molecule has 44 heavy (non-hydrogen) atoms. The molecule has 0 saturated heterocycles. The van der Waals surface area contributed by atoms with Gasteiger partial charge in [-0.2, -0.15) is 0 Å². The Labute approximate surface area is 256 Å². The summed E-state index contributed by atoms with van der Waals surface area (Å²) in [7, 11) is 1.64. The molecule has 1 amide bonds. The monoisotopic (exact) mass is 592 g/mol. The topological polar surface area (TPSA) is 107 Å². The number of anilines is 1. The molecule has 0 aliphatic rings. The van der Waals surface area contributed by atoms with E-state index in [-0.39, 0.29) is 6.61 Å². The molecule has 0 saturated carbocycles. The number of hydrogen-bond acceptors (Lipinski definition) is 7. The predicted molar refractivity (Wildman–Crippen MR) is 172 cm³/mol. The van der Waals surface area contributed by atoms with Gasteiger partial charge in [0.05, 0.1) is 18.7 Å². The molecule has 5 aromatic rings. The van der Waals surface area contributed by atoms with E-state index < -0.39 is 17.7 Å². The van der Waals surface area contributed by atoms with E-state index in [1.54, 1.807) is 26.2 Å². The zero-order valence-corrected chi connectivity index (χ0v) is 25.6. The summed E-state index contributed by atoms with van der Waals surface area (Å²) in [6.45, 7) is 7.91. The number of hydrogen-bond donors (Lipinski definition) is 1. The molecule has 9 heteroatoms. The van der Waals surface area contributed by atoms with Crippen LogP contribution in [0.2, 0.25) is 0 Å². The summed E-state index contributed by atoms with van der Waals surface area (Å²) in [5, 5.41) is 1.86. The van der Waals surface area contributed by atoms with Crippen molar-refractivity contribution in [3.63, 3.8) is 0 Å². The normalized spacial score (nSPS) is 11.9. The first-order valence-corrected chi connectivity index (χ1v) is 14.5. The molecule has 5 rings (SSSR count). The van der Waals surface area contributed by atoms with Crippen LogP contribution in [0.4, 0.5) is 10.6 Å². The third-order valence-electron chi connectivity index (χ3n) is 6.82. The highest BCUT2D eigenvalue weighted by molar-refractivity contribution is 6.04. The molecule has 9 nitrogen and oxygen atoms in total. The highest BCUT2D eigenvalue weighted by Crippen LogP contribution is 2.33. The number of ether oxygens (including phenoxy) is 3. The van der Waals surface area contributed by atoms with Crippen molar-refractivity contribution in [3.05, 3.63) is 102 Å². The molecule has 0 radical (unpaired) electrons. The van der Waals surface area contributed by atoms with Crippen molar-refractivity contribution in [2.75, 3.05) is 25.2 Å². The van der Waals surface area contributed by atoms with Gasteiger partial charge in [0.1, 0.15) is 17.2 Å². The Balaban J connectivity index is 1.36. The molecule has 0 fully saturated rings. The lowest BCUT2D eigenvalue weighted by atomic mass is 9.97. The van der Waals surface area contributed by atoms with Gasteiger partial charge in [-0.25, -0.2) is 14.6 Å². The number of fused-ring (bicyclic) bond motifs is 2. The number of para-hydroxylation sites is 1. The van der Waals surface area contributed by atoms with E-state index in [9.17, 15) is 9.59 Å². The molecule has 1 N–H and O–H groups in total. The van der Waals surface area contributed by atoms with Crippen molar-refractivity contribution in [2.24, 2.45) is 0 Å². The predicted octanol–water partition coefficient (Wildman–Crippen LogP) is 7.10. The van der Waals surface area contributed by atoms with E-state index in [0.29, 0.717) is 30.2 Å². The summed E-state index contributed by atoms with van der Waals surface area (Å²) in [6, 6.07) is 21.2. The van der Waals surface area contributed by atoms with Crippen molar-refractivity contribution < 1.29 is 23.8 Å². The van der Waals surface area contributed by atoms with Gasteiger partial charge in [0.15, 0.2) is 0 Å². The van der Waals surface area contributed by atoms with Gasteiger partial charge in [-0.15, -0.1) is 0 Å². The first-order valence-electron chi connectivity index (χ1n) is 14.5. The molecule has 0 bridgehead atoms. The zero-order chi connectivity index (χ0) is 31.3. The van der Waals surface area contributed by atoms with Gasteiger partial charge < -0.3 is 19.2 Å². The Morgan fingerprint density at radius 2 is 1.84 bits per heavy atom. The number of rotatable bonds is 9. The first kappa shape index (κ1) is 30.3. The molecular formula is C35H36N4O5. The molecule has 3 heterocycles. The number of H-pyrrole nitrogens is 1. The minimum atomic E-state index is -0.598. The fourth-order valence-corrected chi connectivity index (χ4v) is 4.74. The van der Waals surface area contributed by atoms with Crippen LogP contribution in [0.5, 0.6) is 5.75 Å². The van der Waals surface area contributed by atoms with Gasteiger partial charge in [-0.3, -0.25) is 9.88 Å². The molecule has 226 valence electrons. The number of pyridine rings is 2. The maximum absolute atomic E-state index is 12.6. The smallest absolute Gasteiger partial charge is 0.415 e. The van der Waals surface area contributed by atoms with E-state index >= 15 is 0 Å². The number of aromatic amines is 1. The third kappa shape index (κ3) is 7.23. The number of aromatic nitrogens is 3. The minimum absolute atomic E-state index is 0.277. The van der Waals surface area contributed by atoms with Gasteiger partial charge in [-0.05, 0) is 75.7 Å². The SMILES string of the molecule is CCOC(=O)C=C(c1cnc2ccccc2c1)c1c[nH]c2ccc(OCCc3cccc(N(C)C(=O)OC(C)(C)C)n3)cc12. The summed E-state index contributed by atoms with van der Waals surface area (Å²) < 4.78 is 16.9. The Hall–Kier alpha value is -5.18. The second-order valence-electron chi connectivity index (χ2n) is 11.3. The third-order valence-corrected chi connectivity index (χ3v) is 6.82. The number of carbonyl (C=O) groups is 2. The summed E-state index contributed by atoms with van der Waals surface area (Å²) >= 11 is 0. The van der Waals surface area contributed by atoms with Crippen LogP contribution in [-0.2, 0) is 20.7 Å². The lowest BCUT2D eigenvalue weighted by Crippen LogP contribution is -2.34. The molecule has 2 aromatic carbocycles. The van der Waals surface area contributed by atoms with E-state index in [1.165, 1.54) is 11.0 Å². The van der Waals surface area contributed by atoms with Crippen LogP contribution < -0.4 is 9.64 Å². The van der Waals surface area contributed by atoms with Crippen LogP contribution in [0, 0.1) is 0 Å². The van der Waals surface area contributed by atoms with Gasteiger partial charge in [0.2, 0.25) is 0 Å². The molecule has 3 aromatic heterocycles. The van der Waals surface area contributed by atoms with Gasteiger partial charge >= 0.3 is 12.1 Å². The number of benzene rings is 2. The highest BCUT2D eigenvalue weighted by Gasteiger charge is 2.21. The van der Waals surface area contributed by atoms with E-state index in [1.807, 2.05) is 87.6 Å². The van der Waals surface area contributed by atoms with Crippen LogP contribution in [0.3, 0.4) is 0 Å². The molecule has 0 aliphatic carbocycles. The van der Waals surface area contributed by atoms with Crippen LogP contribution >= 0.6 is 0 Å². The number of nitrogens with one attached hydrogen (secondary N) is 1. The largest absolute Gasteiger partial charge is 0.493 e. The van der Waals surface area contributed by atoms with Crippen LogP contribution in [0.1, 0.15) is 44.5 Å². The molecule has 0 atom stereocenters. The number of carbonyl (C=O) groups excluding carboxylic acids is 2. The van der Waals surface area contributed by atoms with Gasteiger partial charge in [0.25, 0.3) is 0 Å². The van der Waals surface area contributed by atoms with Crippen LogP contribution in [0.15, 0.2) is 85.2 Å². The average molecular weight is 593 g/mol. The molecule has 0 unspecified atom stereocenters. The standard InChI is InChI=1S/C35H36N4O5/c1-6-42-33(40)20-27(24-18-23-10-7-8-12-30(23)36-21-24)29-22-37-31-15-14-26(19-28(29)31)43-17-16-25-11-9-13-32(38-25)39(5)34(41)44-35(2,3)4/h7-15,18-22,37H,6,16-17H2,1-5H3. The van der Waals surface area contributed by atoms with Gasteiger partial charge in [0, 0.05) is 65.0 Å². The van der Waals surface area contributed by atoms with Gasteiger partial charge in [-0.1, -0.05) is 24.3 Å². The minimum Gasteiger partial charge on any atom is -0.493 e. The summed E-state index contributed by atoms with van der Waals surface area (Å²) in [4.78, 5) is 39.0. The van der Waals surface area contributed by atoms with Crippen molar-refractivity contribution in [2.45, 2.75) is 39.7 Å². The lowest BCUT2D eigenvalue weighted by molar-refractivity contribution is -0.137. The maximum Gasteiger partial charge on any atom is 0.415 e. The Bertz CT molecular complexity index is 1840. The average Bonchev–Trinajstić information content (AvgIpc) is 3.42. The molecule has 0 spiro atoms. The van der Waals surface area contributed by atoms with E-state index in [0.717, 1.165) is 38.6 Å². The molecule has 0 aliphatic heterocycles. The van der Waals surface area contributed by atoms with Crippen LogP contribution in [0.25, 0.3) is 27.4 Å². The van der Waals surface area contributed by atoms with Crippen molar-refractivity contribution in [3.8, 4) is 5.75 Å². The number of amides is 1. The fraction of sp³-hybridized carbons (Fsp3) is 0.257. The second-order valence-corrected chi connectivity index (χ2v) is 11.3. The summed E-state index contributed by atoms with van der Waals surface area (Å²) in [5.41, 5.74) is 4.28. The summed E-state index contributed by atoms with van der Waals surface area (Å²) in [5.74, 6) is 0.746. The van der Waals surface area contributed by atoms with E-state index in [2.05, 4.69) is 15.0 Å². The second kappa shape index (κ2) is 13.0. The van der Waals surface area contributed by atoms with Crippen molar-refractivity contribution in [1.29, 1.82) is 0 Å². The van der Waals surface area contributed by atoms with Crippen molar-refractivity contribution >= 4 is 45.3 Å². The lowest BCUT2D eigenvalue weighted by Gasteiger charge is -2.24. The summed E-state index contributed by atoms with van der Waals surface area (Å²) in [6.07, 6.45) is 5.23. The Morgan fingerprint density at radius 1 is 1.02 bits per heavy atom. The zero-order valence-electron chi connectivity index (χ0n) is 25.6. The fourth-order valence-electron chi connectivity index (χ4n) is 4.74. The molecular weight excluding hydrogens is 556 g/mol. The maximum atomic E-state index is 12.6. The van der Waals surface area contributed by atoms with Crippen LogP contribution in [-0.4, -0.2) is 52.9 Å².